The third-order valence-corrected chi connectivity index (χ3v) is 5.63. The van der Waals surface area contributed by atoms with Crippen molar-refractivity contribution >= 4 is 28.9 Å². The maximum Gasteiger partial charge on any atom is 0.323 e. The normalized spacial score (nSPS) is 13.1. The Labute approximate surface area is 206 Å². The molecule has 0 unspecified atom stereocenters. The van der Waals surface area contributed by atoms with Crippen LogP contribution in [-0.2, 0) is 11.8 Å². The van der Waals surface area contributed by atoms with E-state index in [4.69, 9.17) is 4.74 Å². The first kappa shape index (κ1) is 23.0. The summed E-state index contributed by atoms with van der Waals surface area (Å²) in [4.78, 5) is 30.6. The number of hydrogen-bond donors (Lipinski definition) is 2. The Balaban J connectivity index is 1.26. The molecule has 3 heterocycles. The van der Waals surface area contributed by atoms with E-state index in [-0.39, 0.29) is 11.5 Å². The minimum atomic E-state index is -0.614. The van der Waals surface area contributed by atoms with Gasteiger partial charge in [-0.15, -0.1) is 0 Å². The van der Waals surface area contributed by atoms with Gasteiger partial charge in [-0.05, 0) is 36.4 Å². The van der Waals surface area contributed by atoms with Crippen LogP contribution in [0.3, 0.4) is 0 Å². The van der Waals surface area contributed by atoms with Crippen LogP contribution >= 0.6 is 0 Å². The van der Waals surface area contributed by atoms with Crippen LogP contribution in [0, 0.1) is 5.82 Å². The summed E-state index contributed by atoms with van der Waals surface area (Å²) in [5.41, 5.74) is 2.83. The van der Waals surface area contributed by atoms with Gasteiger partial charge in [0, 0.05) is 55.3 Å². The highest BCUT2D eigenvalue weighted by atomic mass is 19.1. The Morgan fingerprint density at radius 3 is 2.72 bits per heavy atom. The highest BCUT2D eigenvalue weighted by molar-refractivity contribution is 6.00. The molecule has 0 radical (unpaired) electrons. The maximum atomic E-state index is 14.4. The van der Waals surface area contributed by atoms with Crippen molar-refractivity contribution in [3.05, 3.63) is 78.9 Å². The molecule has 2 amide bonds. The monoisotopic (exact) mass is 486 g/mol. The van der Waals surface area contributed by atoms with Crippen LogP contribution in [0.1, 0.15) is 6.42 Å². The van der Waals surface area contributed by atoms with Gasteiger partial charge in [0.1, 0.15) is 11.6 Å². The minimum absolute atomic E-state index is 0.0466. The minimum Gasteiger partial charge on any atom is -0.439 e. The molecule has 10 heteroatoms. The summed E-state index contributed by atoms with van der Waals surface area (Å²) in [5, 5.41) is 9.36. The SMILES string of the molecule is Cn1cc(-c2cccc(Oc3ccc(F)c(NC(=O)Nc4cccc(N5CCC(=O)C5)c4)c3)n2)cn1. The second-order valence-electron chi connectivity index (χ2n) is 8.35. The molecule has 1 aliphatic rings. The first-order valence-electron chi connectivity index (χ1n) is 11.3. The van der Waals surface area contributed by atoms with E-state index in [0.717, 1.165) is 11.3 Å². The number of rotatable bonds is 6. The van der Waals surface area contributed by atoms with Gasteiger partial charge in [-0.1, -0.05) is 12.1 Å². The van der Waals surface area contributed by atoms with E-state index in [1.165, 1.54) is 18.2 Å². The number of aromatic nitrogens is 3. The zero-order valence-corrected chi connectivity index (χ0v) is 19.4. The van der Waals surface area contributed by atoms with Gasteiger partial charge in [-0.25, -0.2) is 14.2 Å². The number of amides is 2. The predicted octanol–water partition coefficient (Wildman–Crippen LogP) is 4.84. The lowest BCUT2D eigenvalue weighted by Gasteiger charge is -2.17. The third kappa shape index (κ3) is 5.33. The average molecular weight is 487 g/mol. The largest absolute Gasteiger partial charge is 0.439 e. The number of nitrogens with one attached hydrogen (secondary N) is 2. The highest BCUT2D eigenvalue weighted by Gasteiger charge is 2.20. The Morgan fingerprint density at radius 2 is 1.94 bits per heavy atom. The smallest absolute Gasteiger partial charge is 0.323 e. The van der Waals surface area contributed by atoms with Crippen molar-refractivity contribution < 1.29 is 18.7 Å². The maximum absolute atomic E-state index is 14.4. The van der Waals surface area contributed by atoms with Crippen molar-refractivity contribution in [3.8, 4) is 22.9 Å². The zero-order chi connectivity index (χ0) is 25.1. The predicted molar refractivity (Wildman–Crippen MR) is 134 cm³/mol. The molecule has 1 aliphatic heterocycles. The summed E-state index contributed by atoms with van der Waals surface area (Å²) >= 11 is 0. The van der Waals surface area contributed by atoms with E-state index in [1.54, 1.807) is 41.2 Å². The molecular formula is C26H23FN6O3. The second-order valence-corrected chi connectivity index (χ2v) is 8.35. The number of ether oxygens (including phenoxy) is 1. The summed E-state index contributed by atoms with van der Waals surface area (Å²) in [7, 11) is 1.82. The molecule has 0 atom stereocenters. The fourth-order valence-corrected chi connectivity index (χ4v) is 3.89. The van der Waals surface area contributed by atoms with Gasteiger partial charge in [0.2, 0.25) is 5.88 Å². The fraction of sp³-hybridized carbons (Fsp3) is 0.154. The molecule has 5 rings (SSSR count). The lowest BCUT2D eigenvalue weighted by molar-refractivity contribution is -0.116. The fourth-order valence-electron chi connectivity index (χ4n) is 3.89. The van der Waals surface area contributed by atoms with Gasteiger partial charge in [-0.2, -0.15) is 5.10 Å². The van der Waals surface area contributed by atoms with E-state index < -0.39 is 11.8 Å². The van der Waals surface area contributed by atoms with Crippen LogP contribution in [0.5, 0.6) is 11.6 Å². The van der Waals surface area contributed by atoms with Crippen LogP contribution in [-0.4, -0.2) is 39.7 Å². The molecule has 182 valence electrons. The molecule has 1 fully saturated rings. The average Bonchev–Trinajstić information content (AvgIpc) is 3.50. The van der Waals surface area contributed by atoms with Gasteiger partial charge in [0.15, 0.2) is 5.78 Å². The van der Waals surface area contributed by atoms with Crippen LogP contribution in [0.4, 0.5) is 26.2 Å². The van der Waals surface area contributed by atoms with Crippen LogP contribution in [0.2, 0.25) is 0 Å². The van der Waals surface area contributed by atoms with E-state index >= 15 is 0 Å². The number of pyridine rings is 1. The van der Waals surface area contributed by atoms with Crippen molar-refractivity contribution in [2.24, 2.45) is 7.05 Å². The number of benzene rings is 2. The van der Waals surface area contributed by atoms with Gasteiger partial charge in [-0.3, -0.25) is 9.48 Å². The number of aryl methyl sites for hydroxylation is 1. The molecule has 9 nitrogen and oxygen atoms in total. The number of ketones is 1. The van der Waals surface area contributed by atoms with Gasteiger partial charge in [0.05, 0.1) is 24.1 Å². The number of Topliss-reactive ketones (excluding diaryl/α,β-unsaturated/α-hetero) is 1. The molecule has 0 saturated carbocycles. The summed E-state index contributed by atoms with van der Waals surface area (Å²) < 4.78 is 21.9. The molecule has 2 aromatic carbocycles. The summed E-state index contributed by atoms with van der Waals surface area (Å²) in [5.74, 6) is 0.195. The summed E-state index contributed by atoms with van der Waals surface area (Å²) in [6.07, 6.45) is 4.05. The Bertz CT molecular complexity index is 1440. The first-order valence-corrected chi connectivity index (χ1v) is 11.3. The summed E-state index contributed by atoms with van der Waals surface area (Å²) in [6, 6.07) is 15.9. The van der Waals surface area contributed by atoms with Crippen molar-refractivity contribution in [1.82, 2.24) is 14.8 Å². The van der Waals surface area contributed by atoms with E-state index in [1.807, 2.05) is 30.3 Å². The molecule has 36 heavy (non-hydrogen) atoms. The molecule has 0 bridgehead atoms. The van der Waals surface area contributed by atoms with Crippen molar-refractivity contribution in [3.63, 3.8) is 0 Å². The Kier molecular flexibility index (Phi) is 6.31. The summed E-state index contributed by atoms with van der Waals surface area (Å²) in [6.45, 7) is 1.00. The number of halogens is 1. The molecular weight excluding hydrogens is 463 g/mol. The topological polar surface area (TPSA) is 101 Å². The molecule has 2 N–H and O–H groups in total. The molecule has 4 aromatic rings. The number of urea groups is 1. The van der Waals surface area contributed by atoms with E-state index in [0.29, 0.717) is 42.5 Å². The van der Waals surface area contributed by atoms with Gasteiger partial charge in [0.25, 0.3) is 0 Å². The zero-order valence-electron chi connectivity index (χ0n) is 19.4. The standard InChI is InChI=1S/C26H23FN6O3/c1-32-15-17(14-28-32)23-6-3-7-25(30-23)36-21-8-9-22(27)24(13-21)31-26(35)29-18-4-2-5-19(12-18)33-11-10-20(34)16-33/h2-9,12-15H,10-11,16H2,1H3,(H2,29,31,35). The quantitative estimate of drug-likeness (QED) is 0.405. The van der Waals surface area contributed by atoms with Crippen molar-refractivity contribution in [1.29, 1.82) is 0 Å². The number of carbonyl (C=O) groups excluding carboxylic acids is 2. The highest BCUT2D eigenvalue weighted by Crippen LogP contribution is 2.28. The molecule has 1 saturated heterocycles. The molecule has 0 aliphatic carbocycles. The van der Waals surface area contributed by atoms with Gasteiger partial charge >= 0.3 is 6.03 Å². The Hall–Kier alpha value is -4.73. The Morgan fingerprint density at radius 1 is 1.08 bits per heavy atom. The second kappa shape index (κ2) is 9.87. The number of carbonyl (C=O) groups is 2. The van der Waals surface area contributed by atoms with Crippen LogP contribution in [0.25, 0.3) is 11.3 Å². The van der Waals surface area contributed by atoms with Crippen LogP contribution < -0.4 is 20.3 Å². The van der Waals surface area contributed by atoms with Gasteiger partial charge < -0.3 is 20.3 Å². The van der Waals surface area contributed by atoms with Crippen molar-refractivity contribution in [2.75, 3.05) is 28.6 Å². The van der Waals surface area contributed by atoms with Crippen LogP contribution in [0.15, 0.2) is 73.1 Å². The number of anilines is 3. The van der Waals surface area contributed by atoms with Crippen molar-refractivity contribution in [2.45, 2.75) is 6.42 Å². The molecule has 2 aromatic heterocycles. The molecule has 0 spiro atoms. The van der Waals surface area contributed by atoms with E-state index in [9.17, 15) is 14.0 Å². The number of nitrogens with zero attached hydrogens (tertiary/aromatic N) is 4. The lowest BCUT2D eigenvalue weighted by Crippen LogP contribution is -2.22. The number of hydrogen-bond acceptors (Lipinski definition) is 6. The third-order valence-electron chi connectivity index (χ3n) is 5.63. The first-order chi connectivity index (χ1) is 17.4. The lowest BCUT2D eigenvalue weighted by atomic mass is 10.2. The van der Waals surface area contributed by atoms with E-state index in [2.05, 4.69) is 20.7 Å².